The second-order valence-electron chi connectivity index (χ2n) is 4.20. The number of hydrogen-bond donors (Lipinski definition) is 1. The van der Waals surface area contributed by atoms with Gasteiger partial charge in [-0.1, -0.05) is 19.8 Å². The first-order valence-electron chi connectivity index (χ1n) is 6.10. The van der Waals surface area contributed by atoms with Crippen molar-refractivity contribution in [1.82, 2.24) is 9.38 Å². The van der Waals surface area contributed by atoms with E-state index in [0.29, 0.717) is 5.82 Å². The molecule has 4 heteroatoms. The highest BCUT2D eigenvalue weighted by Gasteiger charge is 2.09. The van der Waals surface area contributed by atoms with Crippen molar-refractivity contribution in [2.75, 3.05) is 12.3 Å². The summed E-state index contributed by atoms with van der Waals surface area (Å²) in [5.74, 6) is 1.49. The number of aromatic nitrogens is 2. The molecule has 2 aromatic rings. The first-order valence-corrected chi connectivity index (χ1v) is 6.10. The van der Waals surface area contributed by atoms with Crippen molar-refractivity contribution >= 4 is 11.5 Å². The van der Waals surface area contributed by atoms with Crippen LogP contribution >= 0.6 is 0 Å². The van der Waals surface area contributed by atoms with E-state index in [1.54, 1.807) is 0 Å². The number of ether oxygens (including phenoxy) is 1. The number of rotatable bonds is 5. The van der Waals surface area contributed by atoms with Gasteiger partial charge in [-0.3, -0.25) is 4.40 Å². The molecule has 17 heavy (non-hydrogen) atoms. The average Bonchev–Trinajstić information content (AvgIpc) is 2.62. The molecule has 0 spiro atoms. The number of pyridine rings is 1. The fourth-order valence-electron chi connectivity index (χ4n) is 1.82. The molecule has 2 aromatic heterocycles. The molecule has 2 N–H and O–H groups in total. The van der Waals surface area contributed by atoms with Crippen LogP contribution in [0.25, 0.3) is 5.65 Å². The lowest BCUT2D eigenvalue weighted by Gasteiger charge is -2.06. The van der Waals surface area contributed by atoms with Gasteiger partial charge in [0.2, 0.25) is 0 Å². The Morgan fingerprint density at radius 3 is 3.00 bits per heavy atom. The monoisotopic (exact) mass is 233 g/mol. The third-order valence-corrected chi connectivity index (χ3v) is 2.84. The molecule has 4 nitrogen and oxygen atoms in total. The van der Waals surface area contributed by atoms with E-state index in [1.165, 1.54) is 12.8 Å². The Kier molecular flexibility index (Phi) is 3.52. The lowest BCUT2D eigenvalue weighted by atomic mass is 10.3. The van der Waals surface area contributed by atoms with Crippen LogP contribution in [0.3, 0.4) is 0 Å². The van der Waals surface area contributed by atoms with Crippen LogP contribution in [0.5, 0.6) is 5.75 Å². The van der Waals surface area contributed by atoms with Crippen molar-refractivity contribution in [2.45, 2.75) is 33.1 Å². The zero-order chi connectivity index (χ0) is 12.3. The summed E-state index contributed by atoms with van der Waals surface area (Å²) in [6.45, 7) is 4.82. The number of aryl methyl sites for hydroxylation is 1. The summed E-state index contributed by atoms with van der Waals surface area (Å²) in [6.07, 6.45) is 5.37. The van der Waals surface area contributed by atoms with E-state index in [-0.39, 0.29) is 0 Å². The lowest BCUT2D eigenvalue weighted by molar-refractivity contribution is 0.308. The third-order valence-electron chi connectivity index (χ3n) is 2.84. The van der Waals surface area contributed by atoms with Crippen LogP contribution in [-0.4, -0.2) is 16.0 Å². The zero-order valence-electron chi connectivity index (χ0n) is 10.4. The molecule has 0 aliphatic rings. The topological polar surface area (TPSA) is 52.5 Å². The Bertz CT molecular complexity index is 505. The Morgan fingerprint density at radius 2 is 2.24 bits per heavy atom. The van der Waals surface area contributed by atoms with Gasteiger partial charge in [0, 0.05) is 6.20 Å². The molecule has 0 saturated carbocycles. The summed E-state index contributed by atoms with van der Waals surface area (Å²) >= 11 is 0. The van der Waals surface area contributed by atoms with Gasteiger partial charge in [-0.15, -0.1) is 0 Å². The van der Waals surface area contributed by atoms with Gasteiger partial charge in [-0.25, -0.2) is 4.98 Å². The van der Waals surface area contributed by atoms with E-state index < -0.39 is 0 Å². The van der Waals surface area contributed by atoms with E-state index in [4.69, 9.17) is 10.5 Å². The second kappa shape index (κ2) is 5.08. The number of nitrogen functional groups attached to an aromatic ring is 1. The number of unbranched alkanes of at least 4 members (excludes halogenated alkanes) is 2. The van der Waals surface area contributed by atoms with Gasteiger partial charge in [0.25, 0.3) is 0 Å². The van der Waals surface area contributed by atoms with Crippen LogP contribution in [-0.2, 0) is 0 Å². The molecule has 2 rings (SSSR count). The lowest BCUT2D eigenvalue weighted by Crippen LogP contribution is -2.00. The molecule has 0 fully saturated rings. The van der Waals surface area contributed by atoms with Crippen LogP contribution in [0, 0.1) is 6.92 Å². The number of imidazole rings is 1. The minimum absolute atomic E-state index is 0.680. The number of hydrogen-bond acceptors (Lipinski definition) is 3. The zero-order valence-corrected chi connectivity index (χ0v) is 10.4. The average molecular weight is 233 g/mol. The fourth-order valence-corrected chi connectivity index (χ4v) is 1.82. The highest BCUT2D eigenvalue weighted by atomic mass is 16.5. The maximum atomic E-state index is 5.93. The molecular weight excluding hydrogens is 214 g/mol. The van der Waals surface area contributed by atoms with Crippen molar-refractivity contribution in [1.29, 1.82) is 0 Å². The molecule has 0 unspecified atom stereocenters. The van der Waals surface area contributed by atoms with E-state index in [9.17, 15) is 0 Å². The Balaban J connectivity index is 2.19. The largest absolute Gasteiger partial charge is 0.490 e. The summed E-state index contributed by atoms with van der Waals surface area (Å²) in [5, 5.41) is 0. The summed E-state index contributed by atoms with van der Waals surface area (Å²) in [4.78, 5) is 4.42. The Morgan fingerprint density at radius 1 is 1.41 bits per heavy atom. The van der Waals surface area contributed by atoms with Gasteiger partial charge in [0.15, 0.2) is 11.4 Å². The maximum absolute atomic E-state index is 5.93. The predicted molar refractivity (Wildman–Crippen MR) is 69.4 cm³/mol. The molecule has 0 aliphatic carbocycles. The van der Waals surface area contributed by atoms with Crippen molar-refractivity contribution in [2.24, 2.45) is 0 Å². The molecule has 0 bridgehead atoms. The molecule has 0 radical (unpaired) electrons. The molecule has 0 saturated heterocycles. The van der Waals surface area contributed by atoms with E-state index in [0.717, 1.165) is 30.1 Å². The quantitative estimate of drug-likeness (QED) is 0.808. The SMILES string of the molecule is CCCCCOc1cccn2c(N)c(C)nc12. The maximum Gasteiger partial charge on any atom is 0.181 e. The first-order chi connectivity index (χ1) is 8.24. The normalized spacial score (nSPS) is 10.9. The molecular formula is C13H19N3O. The summed E-state index contributed by atoms with van der Waals surface area (Å²) < 4.78 is 7.62. The van der Waals surface area contributed by atoms with Crippen LogP contribution in [0.15, 0.2) is 18.3 Å². The van der Waals surface area contributed by atoms with Crippen LogP contribution in [0.2, 0.25) is 0 Å². The van der Waals surface area contributed by atoms with Crippen molar-refractivity contribution < 1.29 is 4.74 Å². The van der Waals surface area contributed by atoms with E-state index in [2.05, 4.69) is 11.9 Å². The number of nitrogens with zero attached hydrogens (tertiary/aromatic N) is 2. The van der Waals surface area contributed by atoms with Gasteiger partial charge < -0.3 is 10.5 Å². The van der Waals surface area contributed by atoms with E-state index >= 15 is 0 Å². The molecule has 2 heterocycles. The molecule has 0 atom stereocenters. The molecule has 0 amide bonds. The van der Waals surface area contributed by atoms with E-state index in [1.807, 2.05) is 29.7 Å². The predicted octanol–water partition coefficient (Wildman–Crippen LogP) is 2.79. The van der Waals surface area contributed by atoms with Gasteiger partial charge in [-0.05, 0) is 25.5 Å². The van der Waals surface area contributed by atoms with Crippen molar-refractivity contribution in [3.05, 3.63) is 24.0 Å². The minimum atomic E-state index is 0.680. The van der Waals surface area contributed by atoms with Crippen LogP contribution in [0.4, 0.5) is 5.82 Å². The highest BCUT2D eigenvalue weighted by Crippen LogP contribution is 2.23. The van der Waals surface area contributed by atoms with Gasteiger partial charge >= 0.3 is 0 Å². The third kappa shape index (κ3) is 2.35. The van der Waals surface area contributed by atoms with Gasteiger partial charge in [0.05, 0.1) is 12.3 Å². The summed E-state index contributed by atoms with van der Waals surface area (Å²) in [7, 11) is 0. The number of nitrogens with two attached hydrogens (primary N) is 1. The highest BCUT2D eigenvalue weighted by molar-refractivity contribution is 5.60. The minimum Gasteiger partial charge on any atom is -0.490 e. The van der Waals surface area contributed by atoms with Crippen LogP contribution < -0.4 is 10.5 Å². The Hall–Kier alpha value is -1.71. The number of fused-ring (bicyclic) bond motifs is 1. The smallest absolute Gasteiger partial charge is 0.181 e. The summed E-state index contributed by atoms with van der Waals surface area (Å²) in [6, 6.07) is 3.87. The van der Waals surface area contributed by atoms with Gasteiger partial charge in [-0.2, -0.15) is 0 Å². The summed E-state index contributed by atoms with van der Waals surface area (Å²) in [5.41, 5.74) is 7.58. The van der Waals surface area contributed by atoms with Gasteiger partial charge in [0.1, 0.15) is 5.82 Å². The number of anilines is 1. The molecule has 0 aromatic carbocycles. The standard InChI is InChI=1S/C13H19N3O/c1-3-4-5-9-17-11-7-6-8-16-12(14)10(2)15-13(11)16/h6-8H,3-5,9,14H2,1-2H3. The Labute approximate surface area is 101 Å². The molecule has 92 valence electrons. The van der Waals surface area contributed by atoms with Crippen molar-refractivity contribution in [3.63, 3.8) is 0 Å². The molecule has 0 aliphatic heterocycles. The van der Waals surface area contributed by atoms with Crippen molar-refractivity contribution in [3.8, 4) is 5.75 Å². The van der Waals surface area contributed by atoms with Crippen LogP contribution in [0.1, 0.15) is 31.9 Å². The second-order valence-corrected chi connectivity index (χ2v) is 4.20. The fraction of sp³-hybridized carbons (Fsp3) is 0.462. The first kappa shape index (κ1) is 11.8.